The predicted molar refractivity (Wildman–Crippen MR) is 99.9 cm³/mol. The number of likely N-dealkylation sites (tertiary alicyclic amines) is 1. The molecule has 2 N–H and O–H groups in total. The number of ether oxygens (including phenoxy) is 2. The minimum Gasteiger partial charge on any atom is -0.493 e. The first-order chi connectivity index (χ1) is 13.0. The fraction of sp³-hybridized carbons (Fsp3) is 0.421. The highest BCUT2D eigenvalue weighted by molar-refractivity contribution is 5.94. The largest absolute Gasteiger partial charge is 0.493 e. The Hall–Kier alpha value is -3.03. The van der Waals surface area contributed by atoms with E-state index in [0.717, 1.165) is 19.3 Å². The lowest BCUT2D eigenvalue weighted by molar-refractivity contribution is -0.136. The van der Waals surface area contributed by atoms with Crippen molar-refractivity contribution in [3.8, 4) is 11.5 Å². The summed E-state index contributed by atoms with van der Waals surface area (Å²) in [4.78, 5) is 37.3. The molecule has 1 heterocycles. The van der Waals surface area contributed by atoms with Crippen LogP contribution < -0.4 is 20.3 Å². The Morgan fingerprint density at radius 2 is 1.96 bits per heavy atom. The Kier molecular flexibility index (Phi) is 7.66. The van der Waals surface area contributed by atoms with Gasteiger partial charge < -0.3 is 14.4 Å². The number of hydrogen-bond acceptors (Lipinski definition) is 5. The molecule has 0 saturated carbocycles. The van der Waals surface area contributed by atoms with Crippen molar-refractivity contribution in [2.24, 2.45) is 0 Å². The number of hydrazine groups is 1. The minimum atomic E-state index is -0.504. The quantitative estimate of drug-likeness (QED) is 0.576. The van der Waals surface area contributed by atoms with E-state index in [9.17, 15) is 14.4 Å². The maximum atomic E-state index is 12.0. The molecule has 3 amide bonds. The Morgan fingerprint density at radius 1 is 1.15 bits per heavy atom. The lowest BCUT2D eigenvalue weighted by atomic mass is 10.1. The molecule has 2 rings (SSSR count). The van der Waals surface area contributed by atoms with Gasteiger partial charge in [-0.05, 0) is 25.0 Å². The number of nitrogens with zero attached hydrogens (tertiary/aromatic N) is 1. The van der Waals surface area contributed by atoms with Crippen LogP contribution in [-0.4, -0.2) is 49.9 Å². The average Bonchev–Trinajstić information content (AvgIpc) is 2.88. The van der Waals surface area contributed by atoms with Crippen molar-refractivity contribution in [1.29, 1.82) is 0 Å². The van der Waals surface area contributed by atoms with Crippen LogP contribution in [0.1, 0.15) is 31.2 Å². The number of benzene rings is 1. The molecule has 1 saturated heterocycles. The van der Waals surface area contributed by atoms with E-state index in [4.69, 9.17) is 9.47 Å². The number of rotatable bonds is 6. The summed E-state index contributed by atoms with van der Waals surface area (Å²) in [5.74, 6) is 0.0867. The van der Waals surface area contributed by atoms with E-state index in [2.05, 4.69) is 10.9 Å². The van der Waals surface area contributed by atoms with E-state index in [1.165, 1.54) is 25.2 Å². The van der Waals surface area contributed by atoms with Crippen LogP contribution in [0.5, 0.6) is 11.5 Å². The van der Waals surface area contributed by atoms with Crippen LogP contribution in [0.25, 0.3) is 6.08 Å². The van der Waals surface area contributed by atoms with E-state index in [1.807, 2.05) is 0 Å². The SMILES string of the molecule is COc1cccc(/C=C/C(=O)NNC(=O)CN2CCCCCC2=O)c1OC. The molecule has 0 bridgehead atoms. The standard InChI is InChI=1S/C19H25N3O5/c1-26-15-8-6-7-14(19(15)27-2)10-11-16(23)20-21-17(24)13-22-12-5-3-4-9-18(22)25/h6-8,10-11H,3-5,9,12-13H2,1-2H3,(H,20,23)(H,21,24)/b11-10+. The van der Waals surface area contributed by atoms with Gasteiger partial charge in [0, 0.05) is 24.6 Å². The molecule has 27 heavy (non-hydrogen) atoms. The summed E-state index contributed by atoms with van der Waals surface area (Å²) in [5.41, 5.74) is 5.28. The van der Waals surface area contributed by atoms with Crippen LogP contribution >= 0.6 is 0 Å². The Labute approximate surface area is 158 Å². The molecule has 1 aliphatic rings. The molecule has 0 unspecified atom stereocenters. The number of para-hydroxylation sites is 1. The first-order valence-corrected chi connectivity index (χ1v) is 8.80. The number of amides is 3. The van der Waals surface area contributed by atoms with Gasteiger partial charge in [0.1, 0.15) is 6.54 Å². The third-order valence-electron chi connectivity index (χ3n) is 4.18. The summed E-state index contributed by atoms with van der Waals surface area (Å²) in [7, 11) is 3.04. The molecule has 0 spiro atoms. The van der Waals surface area contributed by atoms with Crippen LogP contribution in [-0.2, 0) is 14.4 Å². The van der Waals surface area contributed by atoms with Crippen molar-refractivity contribution in [3.05, 3.63) is 29.8 Å². The first-order valence-electron chi connectivity index (χ1n) is 8.80. The molecule has 1 aromatic rings. The molecule has 0 aromatic heterocycles. The van der Waals surface area contributed by atoms with Crippen molar-refractivity contribution >= 4 is 23.8 Å². The van der Waals surface area contributed by atoms with Crippen molar-refractivity contribution in [2.45, 2.75) is 25.7 Å². The van der Waals surface area contributed by atoms with Crippen LogP contribution in [0.2, 0.25) is 0 Å². The molecule has 1 fully saturated rings. The summed E-state index contributed by atoms with van der Waals surface area (Å²) in [6, 6.07) is 5.30. The second-order valence-corrected chi connectivity index (χ2v) is 6.08. The highest BCUT2D eigenvalue weighted by Crippen LogP contribution is 2.31. The van der Waals surface area contributed by atoms with E-state index < -0.39 is 11.8 Å². The maximum absolute atomic E-state index is 12.0. The molecular formula is C19H25N3O5. The highest BCUT2D eigenvalue weighted by Gasteiger charge is 2.19. The normalized spacial score (nSPS) is 14.6. The topological polar surface area (TPSA) is 97.0 Å². The molecule has 8 nitrogen and oxygen atoms in total. The lowest BCUT2D eigenvalue weighted by Crippen LogP contribution is -2.47. The van der Waals surface area contributed by atoms with Gasteiger partial charge in [0.25, 0.3) is 11.8 Å². The van der Waals surface area contributed by atoms with E-state index in [0.29, 0.717) is 30.0 Å². The Balaban J connectivity index is 1.86. The molecule has 1 aromatic carbocycles. The van der Waals surface area contributed by atoms with Crippen LogP contribution in [0.4, 0.5) is 0 Å². The first kappa shape index (κ1) is 20.3. The second-order valence-electron chi connectivity index (χ2n) is 6.08. The summed E-state index contributed by atoms with van der Waals surface area (Å²) in [5, 5.41) is 0. The summed E-state index contributed by atoms with van der Waals surface area (Å²) >= 11 is 0. The van der Waals surface area contributed by atoms with Crippen LogP contribution in [0.3, 0.4) is 0 Å². The Bertz CT molecular complexity index is 717. The van der Waals surface area contributed by atoms with Gasteiger partial charge in [-0.1, -0.05) is 18.6 Å². The molecular weight excluding hydrogens is 350 g/mol. The number of carbonyl (C=O) groups excluding carboxylic acids is 3. The predicted octanol–water partition coefficient (Wildman–Crippen LogP) is 1.27. The third kappa shape index (κ3) is 6.02. The van der Waals surface area contributed by atoms with Crippen LogP contribution in [0, 0.1) is 0 Å². The van der Waals surface area contributed by atoms with Gasteiger partial charge in [-0.25, -0.2) is 0 Å². The van der Waals surface area contributed by atoms with Gasteiger partial charge in [0.05, 0.1) is 14.2 Å². The van der Waals surface area contributed by atoms with Gasteiger partial charge >= 0.3 is 0 Å². The number of methoxy groups -OCH3 is 2. The lowest BCUT2D eigenvalue weighted by Gasteiger charge is -2.19. The highest BCUT2D eigenvalue weighted by atomic mass is 16.5. The van der Waals surface area contributed by atoms with Gasteiger partial charge in [-0.2, -0.15) is 0 Å². The molecule has 0 radical (unpaired) electrons. The number of carbonyl (C=O) groups is 3. The fourth-order valence-electron chi connectivity index (χ4n) is 2.80. The van der Waals surface area contributed by atoms with Crippen molar-refractivity contribution in [3.63, 3.8) is 0 Å². The van der Waals surface area contributed by atoms with E-state index >= 15 is 0 Å². The summed E-state index contributed by atoms with van der Waals surface area (Å²) < 4.78 is 10.5. The molecule has 0 aliphatic carbocycles. The summed E-state index contributed by atoms with van der Waals surface area (Å²) in [6.45, 7) is 0.502. The van der Waals surface area contributed by atoms with Gasteiger partial charge in [-0.3, -0.25) is 25.2 Å². The van der Waals surface area contributed by atoms with Gasteiger partial charge in [0.15, 0.2) is 11.5 Å². The molecule has 146 valence electrons. The monoisotopic (exact) mass is 375 g/mol. The van der Waals surface area contributed by atoms with Crippen molar-refractivity contribution in [1.82, 2.24) is 15.8 Å². The van der Waals surface area contributed by atoms with Crippen LogP contribution in [0.15, 0.2) is 24.3 Å². The molecule has 0 atom stereocenters. The zero-order chi connectivity index (χ0) is 19.6. The molecule has 8 heteroatoms. The van der Waals surface area contributed by atoms with Gasteiger partial charge in [-0.15, -0.1) is 0 Å². The minimum absolute atomic E-state index is 0.0287. The van der Waals surface area contributed by atoms with Crippen molar-refractivity contribution in [2.75, 3.05) is 27.3 Å². The molecule has 1 aliphatic heterocycles. The second kappa shape index (κ2) is 10.2. The third-order valence-corrected chi connectivity index (χ3v) is 4.18. The van der Waals surface area contributed by atoms with Crippen molar-refractivity contribution < 1.29 is 23.9 Å². The number of hydrogen-bond donors (Lipinski definition) is 2. The number of nitrogens with one attached hydrogen (secondary N) is 2. The van der Waals surface area contributed by atoms with E-state index in [1.54, 1.807) is 24.3 Å². The summed E-state index contributed by atoms with van der Waals surface area (Å²) in [6.07, 6.45) is 6.02. The average molecular weight is 375 g/mol. The Morgan fingerprint density at radius 3 is 2.70 bits per heavy atom. The zero-order valence-electron chi connectivity index (χ0n) is 15.6. The fourth-order valence-corrected chi connectivity index (χ4v) is 2.80. The smallest absolute Gasteiger partial charge is 0.262 e. The maximum Gasteiger partial charge on any atom is 0.262 e. The van der Waals surface area contributed by atoms with Gasteiger partial charge in [0.2, 0.25) is 5.91 Å². The zero-order valence-corrected chi connectivity index (χ0v) is 15.6. The van der Waals surface area contributed by atoms with E-state index in [-0.39, 0.29) is 12.5 Å².